The summed E-state index contributed by atoms with van der Waals surface area (Å²) in [5.74, 6) is 0. The Morgan fingerprint density at radius 3 is 1.88 bits per heavy atom. The molecule has 0 heterocycles. The van der Waals surface area contributed by atoms with Crippen LogP contribution in [-0.2, 0) is 6.61 Å². The van der Waals surface area contributed by atoms with Gasteiger partial charge in [-0.15, -0.1) is 0 Å². The van der Waals surface area contributed by atoms with Crippen molar-refractivity contribution in [3.8, 4) is 0 Å². The molecular formula is C13H14N2O. The number of rotatable bonds is 3. The van der Waals surface area contributed by atoms with Crippen LogP contribution in [0.1, 0.15) is 5.56 Å². The Morgan fingerprint density at radius 2 is 1.38 bits per heavy atom. The molecule has 0 aromatic heterocycles. The number of hydrogen-bond donors (Lipinski definition) is 3. The maximum atomic E-state index is 8.91. The van der Waals surface area contributed by atoms with E-state index in [4.69, 9.17) is 10.8 Å². The van der Waals surface area contributed by atoms with Gasteiger partial charge in [0, 0.05) is 17.1 Å². The predicted molar refractivity (Wildman–Crippen MR) is 66.5 cm³/mol. The molecule has 3 nitrogen and oxygen atoms in total. The Hall–Kier alpha value is -2.00. The largest absolute Gasteiger partial charge is 0.399 e. The van der Waals surface area contributed by atoms with Crippen molar-refractivity contribution in [2.24, 2.45) is 0 Å². The van der Waals surface area contributed by atoms with Crippen molar-refractivity contribution in [3.05, 3.63) is 54.1 Å². The summed E-state index contributed by atoms with van der Waals surface area (Å²) < 4.78 is 0. The van der Waals surface area contributed by atoms with Crippen LogP contribution < -0.4 is 11.1 Å². The molecule has 0 radical (unpaired) electrons. The second kappa shape index (κ2) is 4.68. The van der Waals surface area contributed by atoms with Gasteiger partial charge in [0.2, 0.25) is 0 Å². The van der Waals surface area contributed by atoms with Gasteiger partial charge in [-0.1, -0.05) is 12.1 Å². The van der Waals surface area contributed by atoms with Crippen LogP contribution >= 0.6 is 0 Å². The van der Waals surface area contributed by atoms with E-state index in [9.17, 15) is 0 Å². The molecule has 0 aliphatic rings. The van der Waals surface area contributed by atoms with Gasteiger partial charge in [0.05, 0.1) is 6.61 Å². The van der Waals surface area contributed by atoms with E-state index in [1.165, 1.54) is 0 Å². The Kier molecular flexibility index (Phi) is 3.08. The Morgan fingerprint density at radius 1 is 0.875 bits per heavy atom. The van der Waals surface area contributed by atoms with Gasteiger partial charge in [0.15, 0.2) is 0 Å². The lowest BCUT2D eigenvalue weighted by atomic mass is 10.2. The average molecular weight is 214 g/mol. The van der Waals surface area contributed by atoms with Crippen LogP contribution in [0, 0.1) is 0 Å². The number of nitrogen functional groups attached to an aromatic ring is 1. The lowest BCUT2D eigenvalue weighted by Crippen LogP contribution is -1.91. The fraction of sp³-hybridized carbons (Fsp3) is 0.0769. The van der Waals surface area contributed by atoms with Gasteiger partial charge >= 0.3 is 0 Å². The summed E-state index contributed by atoms with van der Waals surface area (Å²) in [6.45, 7) is 0.0716. The van der Waals surface area contributed by atoms with Gasteiger partial charge in [0.1, 0.15) is 0 Å². The second-order valence-corrected chi connectivity index (χ2v) is 3.60. The third kappa shape index (κ3) is 2.52. The summed E-state index contributed by atoms with van der Waals surface area (Å²) in [5.41, 5.74) is 9.24. The summed E-state index contributed by atoms with van der Waals surface area (Å²) >= 11 is 0. The molecule has 16 heavy (non-hydrogen) atoms. The molecule has 82 valence electrons. The van der Waals surface area contributed by atoms with E-state index in [0.29, 0.717) is 0 Å². The molecule has 0 aliphatic heterocycles. The van der Waals surface area contributed by atoms with Crippen molar-refractivity contribution in [1.82, 2.24) is 0 Å². The van der Waals surface area contributed by atoms with Crippen molar-refractivity contribution in [3.63, 3.8) is 0 Å². The van der Waals surface area contributed by atoms with Gasteiger partial charge in [-0.05, 0) is 42.0 Å². The Bertz CT molecular complexity index is 448. The zero-order valence-electron chi connectivity index (χ0n) is 8.85. The maximum absolute atomic E-state index is 8.91. The van der Waals surface area contributed by atoms with Gasteiger partial charge in [-0.2, -0.15) is 0 Å². The summed E-state index contributed by atoms with van der Waals surface area (Å²) in [5, 5.41) is 12.2. The molecule has 3 heteroatoms. The number of anilines is 3. The number of hydrogen-bond acceptors (Lipinski definition) is 3. The lowest BCUT2D eigenvalue weighted by Gasteiger charge is -2.07. The highest BCUT2D eigenvalue weighted by Gasteiger charge is 1.95. The SMILES string of the molecule is Nc1ccc(Nc2ccc(CO)cc2)cc1. The third-order valence-electron chi connectivity index (χ3n) is 2.34. The number of nitrogens with one attached hydrogen (secondary N) is 1. The highest BCUT2D eigenvalue weighted by Crippen LogP contribution is 2.18. The molecule has 0 fully saturated rings. The molecule has 0 spiro atoms. The van der Waals surface area contributed by atoms with Gasteiger partial charge < -0.3 is 16.2 Å². The molecule has 2 rings (SSSR count). The lowest BCUT2D eigenvalue weighted by molar-refractivity contribution is 0.282. The zero-order chi connectivity index (χ0) is 11.4. The minimum absolute atomic E-state index is 0.0716. The molecule has 2 aromatic carbocycles. The van der Waals surface area contributed by atoms with Crippen LogP contribution in [0.4, 0.5) is 17.1 Å². The normalized spacial score (nSPS) is 10.1. The van der Waals surface area contributed by atoms with Gasteiger partial charge in [0.25, 0.3) is 0 Å². The average Bonchev–Trinajstić information content (AvgIpc) is 2.33. The molecule has 0 unspecified atom stereocenters. The first kappa shape index (κ1) is 10.5. The molecule has 0 atom stereocenters. The van der Waals surface area contributed by atoms with Gasteiger partial charge in [-0.25, -0.2) is 0 Å². The molecule has 4 N–H and O–H groups in total. The number of aliphatic hydroxyl groups excluding tert-OH is 1. The van der Waals surface area contributed by atoms with E-state index >= 15 is 0 Å². The quantitative estimate of drug-likeness (QED) is 0.688. The molecule has 0 saturated carbocycles. The minimum Gasteiger partial charge on any atom is -0.399 e. The summed E-state index contributed by atoms with van der Waals surface area (Å²) in [7, 11) is 0. The van der Waals surface area contributed by atoms with Crippen LogP contribution in [0.25, 0.3) is 0 Å². The van der Waals surface area contributed by atoms with Crippen molar-refractivity contribution in [2.75, 3.05) is 11.1 Å². The first-order valence-electron chi connectivity index (χ1n) is 5.10. The van der Waals surface area contributed by atoms with E-state index in [-0.39, 0.29) is 6.61 Å². The molecule has 0 bridgehead atoms. The summed E-state index contributed by atoms with van der Waals surface area (Å²) in [6, 6.07) is 15.2. The summed E-state index contributed by atoms with van der Waals surface area (Å²) in [4.78, 5) is 0. The first-order chi connectivity index (χ1) is 7.78. The summed E-state index contributed by atoms with van der Waals surface area (Å²) in [6.07, 6.45) is 0. The molecule has 0 amide bonds. The number of benzene rings is 2. The molecular weight excluding hydrogens is 200 g/mol. The number of nitrogens with two attached hydrogens (primary N) is 1. The highest BCUT2D eigenvalue weighted by atomic mass is 16.3. The molecule has 0 aliphatic carbocycles. The zero-order valence-corrected chi connectivity index (χ0v) is 8.85. The van der Waals surface area contributed by atoms with Gasteiger partial charge in [-0.3, -0.25) is 0 Å². The molecule has 2 aromatic rings. The van der Waals surface area contributed by atoms with E-state index in [2.05, 4.69) is 5.32 Å². The van der Waals surface area contributed by atoms with Crippen molar-refractivity contribution >= 4 is 17.1 Å². The van der Waals surface area contributed by atoms with E-state index in [0.717, 1.165) is 22.6 Å². The predicted octanol–water partition coefficient (Wildman–Crippen LogP) is 2.50. The fourth-order valence-electron chi connectivity index (χ4n) is 1.43. The maximum Gasteiger partial charge on any atom is 0.0681 e. The van der Waals surface area contributed by atoms with Crippen molar-refractivity contribution < 1.29 is 5.11 Å². The fourth-order valence-corrected chi connectivity index (χ4v) is 1.43. The Balaban J connectivity index is 2.11. The highest BCUT2D eigenvalue weighted by molar-refractivity contribution is 5.61. The third-order valence-corrected chi connectivity index (χ3v) is 2.34. The van der Waals surface area contributed by atoms with Crippen LogP contribution in [0.3, 0.4) is 0 Å². The van der Waals surface area contributed by atoms with Crippen LogP contribution in [0.2, 0.25) is 0 Å². The Labute approximate surface area is 94.5 Å². The van der Waals surface area contributed by atoms with Crippen LogP contribution in [0.5, 0.6) is 0 Å². The van der Waals surface area contributed by atoms with Crippen LogP contribution in [0.15, 0.2) is 48.5 Å². The standard InChI is InChI=1S/C13H14N2O/c14-11-3-7-13(8-4-11)15-12-5-1-10(9-16)2-6-12/h1-8,15-16H,9,14H2. The first-order valence-corrected chi connectivity index (χ1v) is 5.10. The monoisotopic (exact) mass is 214 g/mol. The second-order valence-electron chi connectivity index (χ2n) is 3.60. The number of aliphatic hydroxyl groups is 1. The topological polar surface area (TPSA) is 58.3 Å². The van der Waals surface area contributed by atoms with Crippen molar-refractivity contribution in [1.29, 1.82) is 0 Å². The van der Waals surface area contributed by atoms with E-state index in [1.807, 2.05) is 48.5 Å². The van der Waals surface area contributed by atoms with Crippen LogP contribution in [-0.4, -0.2) is 5.11 Å². The van der Waals surface area contributed by atoms with Crippen molar-refractivity contribution in [2.45, 2.75) is 6.61 Å². The van der Waals surface area contributed by atoms with E-state index < -0.39 is 0 Å². The van der Waals surface area contributed by atoms with E-state index in [1.54, 1.807) is 0 Å². The minimum atomic E-state index is 0.0716. The molecule has 0 saturated heterocycles. The smallest absolute Gasteiger partial charge is 0.0681 e.